The van der Waals surface area contributed by atoms with Crippen molar-refractivity contribution in [3.05, 3.63) is 58.1 Å². The molecule has 1 aliphatic rings. The van der Waals surface area contributed by atoms with Gasteiger partial charge in [0.2, 0.25) is 11.8 Å². The van der Waals surface area contributed by atoms with Gasteiger partial charge in [0.25, 0.3) is 0 Å². The lowest BCUT2D eigenvalue weighted by molar-refractivity contribution is -0.122. The molecule has 0 saturated carbocycles. The molecule has 1 saturated heterocycles. The number of para-hydroxylation sites is 1. The Kier molecular flexibility index (Phi) is 4.71. The van der Waals surface area contributed by atoms with E-state index in [1.165, 1.54) is 0 Å². The molecule has 4 nitrogen and oxygen atoms in total. The fourth-order valence-electron chi connectivity index (χ4n) is 2.83. The Morgan fingerprint density at radius 1 is 1.17 bits per heavy atom. The number of amides is 2. The van der Waals surface area contributed by atoms with Crippen LogP contribution in [-0.4, -0.2) is 18.4 Å². The normalized spacial score (nSPS) is 17.2. The van der Waals surface area contributed by atoms with Gasteiger partial charge in [0.1, 0.15) is 0 Å². The molecule has 0 spiro atoms. The van der Waals surface area contributed by atoms with Crippen LogP contribution in [0.25, 0.3) is 0 Å². The molecule has 1 fully saturated rings. The van der Waals surface area contributed by atoms with Crippen molar-refractivity contribution in [3.63, 3.8) is 0 Å². The van der Waals surface area contributed by atoms with Crippen molar-refractivity contribution in [1.82, 2.24) is 0 Å². The number of carbonyl (C=O) groups is 2. The zero-order chi connectivity index (χ0) is 17.3. The second-order valence-corrected chi connectivity index (χ2v) is 7.00. The van der Waals surface area contributed by atoms with Gasteiger partial charge in [-0.25, -0.2) is 0 Å². The van der Waals surface area contributed by atoms with Gasteiger partial charge in [0.15, 0.2) is 0 Å². The van der Waals surface area contributed by atoms with E-state index in [4.69, 9.17) is 0 Å². The van der Waals surface area contributed by atoms with E-state index in [1.54, 1.807) is 4.90 Å². The lowest BCUT2D eigenvalue weighted by Gasteiger charge is -2.18. The predicted molar refractivity (Wildman–Crippen MR) is 99.1 cm³/mol. The summed E-state index contributed by atoms with van der Waals surface area (Å²) in [5.74, 6) is -0.459. The van der Waals surface area contributed by atoms with Gasteiger partial charge < -0.3 is 10.2 Å². The fraction of sp³-hybridized carbons (Fsp3) is 0.263. The molecule has 0 aliphatic carbocycles. The van der Waals surface area contributed by atoms with Gasteiger partial charge in [-0.2, -0.15) is 0 Å². The zero-order valence-electron chi connectivity index (χ0n) is 13.7. The lowest BCUT2D eigenvalue weighted by atomic mass is 10.1. The van der Waals surface area contributed by atoms with E-state index < -0.39 is 0 Å². The predicted octanol–water partition coefficient (Wildman–Crippen LogP) is 4.06. The minimum atomic E-state index is -0.336. The van der Waals surface area contributed by atoms with E-state index in [0.29, 0.717) is 6.54 Å². The first-order chi connectivity index (χ1) is 11.5. The summed E-state index contributed by atoms with van der Waals surface area (Å²) in [7, 11) is 0. The van der Waals surface area contributed by atoms with E-state index in [1.807, 2.05) is 56.3 Å². The van der Waals surface area contributed by atoms with Gasteiger partial charge in [-0.15, -0.1) is 0 Å². The standard InChI is InChI=1S/C19H19BrN2O2/c1-12-7-8-15(10-16(12)20)22-11-14(9-18(22)23)19(24)21-17-6-4-3-5-13(17)2/h3-8,10,14H,9,11H2,1-2H3,(H,21,24). The molecule has 24 heavy (non-hydrogen) atoms. The molecule has 2 aromatic carbocycles. The summed E-state index contributed by atoms with van der Waals surface area (Å²) in [5, 5.41) is 2.94. The molecule has 124 valence electrons. The van der Waals surface area contributed by atoms with E-state index in [-0.39, 0.29) is 24.2 Å². The van der Waals surface area contributed by atoms with Crippen LogP contribution in [0.15, 0.2) is 46.9 Å². The average Bonchev–Trinajstić information content (AvgIpc) is 2.94. The summed E-state index contributed by atoms with van der Waals surface area (Å²) >= 11 is 3.49. The summed E-state index contributed by atoms with van der Waals surface area (Å²) in [6.45, 7) is 4.36. The largest absolute Gasteiger partial charge is 0.326 e. The summed E-state index contributed by atoms with van der Waals surface area (Å²) in [4.78, 5) is 26.5. The van der Waals surface area contributed by atoms with Crippen LogP contribution in [0.2, 0.25) is 0 Å². The molecule has 1 N–H and O–H groups in total. The molecule has 3 rings (SSSR count). The highest BCUT2D eigenvalue weighted by Gasteiger charge is 2.35. The number of hydrogen-bond donors (Lipinski definition) is 1. The number of carbonyl (C=O) groups excluding carboxylic acids is 2. The van der Waals surface area contributed by atoms with Crippen LogP contribution in [0.4, 0.5) is 11.4 Å². The third-order valence-electron chi connectivity index (χ3n) is 4.37. The maximum absolute atomic E-state index is 12.5. The van der Waals surface area contributed by atoms with Gasteiger partial charge in [0.05, 0.1) is 5.92 Å². The third kappa shape index (κ3) is 3.36. The first-order valence-electron chi connectivity index (χ1n) is 7.88. The Hall–Kier alpha value is -2.14. The Morgan fingerprint density at radius 3 is 2.62 bits per heavy atom. The number of hydrogen-bond acceptors (Lipinski definition) is 2. The second-order valence-electron chi connectivity index (χ2n) is 6.14. The van der Waals surface area contributed by atoms with E-state index in [9.17, 15) is 9.59 Å². The van der Waals surface area contributed by atoms with Crippen molar-refractivity contribution in [2.75, 3.05) is 16.8 Å². The van der Waals surface area contributed by atoms with Gasteiger partial charge in [-0.1, -0.05) is 40.2 Å². The summed E-state index contributed by atoms with van der Waals surface area (Å²) in [6, 6.07) is 13.5. The molecule has 0 radical (unpaired) electrons. The smallest absolute Gasteiger partial charge is 0.229 e. The third-order valence-corrected chi connectivity index (χ3v) is 5.22. The number of aryl methyl sites for hydroxylation is 2. The van der Waals surface area contributed by atoms with Crippen LogP contribution in [0.1, 0.15) is 17.5 Å². The second kappa shape index (κ2) is 6.77. The Bertz CT molecular complexity index is 804. The fourth-order valence-corrected chi connectivity index (χ4v) is 3.20. The van der Waals surface area contributed by atoms with Crippen LogP contribution in [-0.2, 0) is 9.59 Å². The van der Waals surface area contributed by atoms with Gasteiger partial charge in [-0.05, 0) is 43.2 Å². The van der Waals surface area contributed by atoms with Gasteiger partial charge in [-0.3, -0.25) is 9.59 Å². The maximum atomic E-state index is 12.5. The van der Waals surface area contributed by atoms with Crippen molar-refractivity contribution in [3.8, 4) is 0 Å². The van der Waals surface area contributed by atoms with E-state index in [2.05, 4.69) is 21.2 Å². The van der Waals surface area contributed by atoms with Crippen LogP contribution >= 0.6 is 15.9 Å². The van der Waals surface area contributed by atoms with Crippen LogP contribution in [0.5, 0.6) is 0 Å². The first-order valence-corrected chi connectivity index (χ1v) is 8.68. The van der Waals surface area contributed by atoms with Crippen molar-refractivity contribution in [2.45, 2.75) is 20.3 Å². The summed E-state index contributed by atoms with van der Waals surface area (Å²) < 4.78 is 0.959. The Morgan fingerprint density at radius 2 is 1.92 bits per heavy atom. The van der Waals surface area contributed by atoms with Gasteiger partial charge >= 0.3 is 0 Å². The van der Waals surface area contributed by atoms with Crippen LogP contribution in [0, 0.1) is 19.8 Å². The van der Waals surface area contributed by atoms with Crippen molar-refractivity contribution in [1.29, 1.82) is 0 Å². The highest BCUT2D eigenvalue weighted by Crippen LogP contribution is 2.29. The number of nitrogens with zero attached hydrogens (tertiary/aromatic N) is 1. The number of nitrogens with one attached hydrogen (secondary N) is 1. The molecule has 0 aromatic heterocycles. The molecule has 2 aromatic rings. The molecular formula is C19H19BrN2O2. The highest BCUT2D eigenvalue weighted by molar-refractivity contribution is 9.10. The Balaban J connectivity index is 1.73. The molecule has 0 bridgehead atoms. The van der Waals surface area contributed by atoms with Crippen molar-refractivity contribution >= 4 is 39.1 Å². The number of anilines is 2. The average molecular weight is 387 g/mol. The molecule has 1 aliphatic heterocycles. The minimum Gasteiger partial charge on any atom is -0.326 e. The van der Waals surface area contributed by atoms with E-state index in [0.717, 1.165) is 27.0 Å². The number of benzene rings is 2. The highest BCUT2D eigenvalue weighted by atomic mass is 79.9. The van der Waals surface area contributed by atoms with Crippen molar-refractivity contribution in [2.24, 2.45) is 5.92 Å². The first kappa shape index (κ1) is 16.7. The monoisotopic (exact) mass is 386 g/mol. The van der Waals surface area contributed by atoms with Crippen LogP contribution in [0.3, 0.4) is 0 Å². The number of halogens is 1. The number of rotatable bonds is 3. The molecule has 5 heteroatoms. The topological polar surface area (TPSA) is 49.4 Å². The maximum Gasteiger partial charge on any atom is 0.229 e. The molecule has 1 unspecified atom stereocenters. The SMILES string of the molecule is Cc1ccc(N2CC(C(=O)Nc3ccccc3C)CC2=O)cc1Br. The molecule has 2 amide bonds. The quantitative estimate of drug-likeness (QED) is 0.864. The molecule has 1 heterocycles. The molecular weight excluding hydrogens is 368 g/mol. The molecule has 1 atom stereocenters. The van der Waals surface area contributed by atoms with Gasteiger partial charge in [0, 0.05) is 28.8 Å². The van der Waals surface area contributed by atoms with Crippen molar-refractivity contribution < 1.29 is 9.59 Å². The minimum absolute atomic E-state index is 0.0179. The zero-order valence-corrected chi connectivity index (χ0v) is 15.3. The summed E-state index contributed by atoms with van der Waals surface area (Å²) in [5.41, 5.74) is 3.74. The lowest BCUT2D eigenvalue weighted by Crippen LogP contribution is -2.28. The summed E-state index contributed by atoms with van der Waals surface area (Å²) in [6.07, 6.45) is 0.239. The van der Waals surface area contributed by atoms with E-state index >= 15 is 0 Å². The Labute approximate surface area is 150 Å². The van der Waals surface area contributed by atoms with Crippen LogP contribution < -0.4 is 10.2 Å².